The lowest BCUT2D eigenvalue weighted by molar-refractivity contribution is -0.118. The van der Waals surface area contributed by atoms with E-state index in [1.54, 1.807) is 20.2 Å². The van der Waals surface area contributed by atoms with Crippen molar-refractivity contribution in [3.05, 3.63) is 70.7 Å². The van der Waals surface area contributed by atoms with Crippen LogP contribution in [0.2, 0.25) is 0 Å². The Balaban J connectivity index is 1.25. The van der Waals surface area contributed by atoms with Crippen molar-refractivity contribution in [2.24, 2.45) is 13.0 Å². The minimum absolute atomic E-state index is 0.121. The number of hydrogen-bond donors (Lipinski definition) is 1. The molecule has 0 bridgehead atoms. The molecule has 1 saturated carbocycles. The highest BCUT2D eigenvalue weighted by molar-refractivity contribution is 5.82. The zero-order valence-electron chi connectivity index (χ0n) is 21.0. The van der Waals surface area contributed by atoms with Crippen LogP contribution in [0.25, 0.3) is 22.5 Å². The van der Waals surface area contributed by atoms with Crippen LogP contribution in [0.15, 0.2) is 42.7 Å². The van der Waals surface area contributed by atoms with Gasteiger partial charge in [0.15, 0.2) is 0 Å². The van der Waals surface area contributed by atoms with E-state index < -0.39 is 0 Å². The first-order valence-corrected chi connectivity index (χ1v) is 12.5. The molecule has 0 radical (unpaired) electrons. The molecule has 0 amide bonds. The molecule has 2 aromatic heterocycles. The highest BCUT2D eigenvalue weighted by Crippen LogP contribution is 2.47. The molecule has 2 aliphatic carbocycles. The van der Waals surface area contributed by atoms with E-state index in [0.717, 1.165) is 36.3 Å². The van der Waals surface area contributed by atoms with Crippen LogP contribution in [0.4, 0.5) is 5.82 Å². The monoisotopic (exact) mass is 479 g/mol. The summed E-state index contributed by atoms with van der Waals surface area (Å²) in [6.45, 7) is 5.96. The van der Waals surface area contributed by atoms with Crippen molar-refractivity contribution < 1.29 is 4.79 Å². The molecule has 6 rings (SSSR count). The van der Waals surface area contributed by atoms with Gasteiger partial charge in [-0.15, -0.1) is 10.2 Å². The predicted octanol–water partition coefficient (Wildman–Crippen LogP) is 4.74. The van der Waals surface area contributed by atoms with Gasteiger partial charge in [0.2, 0.25) is 5.82 Å². The molecule has 0 spiro atoms. The topological polar surface area (TPSA) is 98.5 Å². The quantitative estimate of drug-likeness (QED) is 0.426. The maximum Gasteiger partial charge on any atom is 0.204 e. The van der Waals surface area contributed by atoms with E-state index >= 15 is 0 Å². The molecule has 0 unspecified atom stereocenters. The number of fused-ring (bicyclic) bond motifs is 1. The Labute approximate surface area is 210 Å². The van der Waals surface area contributed by atoms with Crippen LogP contribution in [0, 0.1) is 19.8 Å². The molecule has 0 aliphatic heterocycles. The molecular weight excluding hydrogens is 450 g/mol. The number of hydrogen-bond acceptors (Lipinski definition) is 7. The molecular formula is C28H29N7O. The summed E-state index contributed by atoms with van der Waals surface area (Å²) in [6, 6.07) is 11.1. The summed E-state index contributed by atoms with van der Waals surface area (Å²) in [5, 5.41) is 16.1. The molecule has 8 heteroatoms. The smallest absolute Gasteiger partial charge is 0.204 e. The number of aromatic nitrogens is 6. The van der Waals surface area contributed by atoms with E-state index in [1.165, 1.54) is 38.2 Å². The van der Waals surface area contributed by atoms with E-state index in [0.29, 0.717) is 5.82 Å². The first-order chi connectivity index (χ1) is 17.4. The number of ketones is 1. The molecule has 8 nitrogen and oxygen atoms in total. The van der Waals surface area contributed by atoms with Crippen LogP contribution in [0.5, 0.6) is 0 Å². The molecule has 0 saturated heterocycles. The summed E-state index contributed by atoms with van der Waals surface area (Å²) in [7, 11) is 1.78. The van der Waals surface area contributed by atoms with E-state index in [1.807, 2.05) is 6.20 Å². The minimum Gasteiger partial charge on any atom is -0.362 e. The number of aryl methyl sites for hydroxylation is 3. The van der Waals surface area contributed by atoms with E-state index in [4.69, 9.17) is 0 Å². The average Bonchev–Trinajstić information content (AvgIpc) is 3.39. The summed E-state index contributed by atoms with van der Waals surface area (Å²) in [6.07, 6.45) is 6.53. The highest BCUT2D eigenvalue weighted by atomic mass is 16.1. The van der Waals surface area contributed by atoms with Gasteiger partial charge in [0.25, 0.3) is 0 Å². The number of nitrogens with zero attached hydrogens (tertiary/aromatic N) is 6. The maximum absolute atomic E-state index is 11.6. The number of tetrazole rings is 1. The molecule has 4 aromatic rings. The lowest BCUT2D eigenvalue weighted by Gasteiger charge is -2.18. The molecule has 2 aliphatic rings. The molecule has 1 N–H and O–H groups in total. The fourth-order valence-corrected chi connectivity index (χ4v) is 5.71. The van der Waals surface area contributed by atoms with Gasteiger partial charge in [0.05, 0.1) is 31.2 Å². The van der Waals surface area contributed by atoms with E-state index in [9.17, 15) is 4.79 Å². The number of benzene rings is 2. The number of anilines is 1. The highest BCUT2D eigenvalue weighted by Gasteiger charge is 2.43. The third kappa shape index (κ3) is 3.96. The first-order valence-electron chi connectivity index (χ1n) is 12.5. The van der Waals surface area contributed by atoms with E-state index in [2.05, 4.69) is 74.9 Å². The standard InChI is InChI=1S/C28H29N7O/c1-15-10-18(28-32-34-35(4)33-28)11-16(2)27(15)21-7-5-6-20-19(21)8-9-24(20)31-26-14-29-25(13-30-26)23-12-22(23)17(3)36/h5-7,10-11,13-14,22-24H,8-9,12H2,1-4H3,(H,30,31)/t22-,23+,24-/m1/s1. The van der Waals surface area contributed by atoms with Gasteiger partial charge in [-0.05, 0) is 90.8 Å². The van der Waals surface area contributed by atoms with Crippen molar-refractivity contribution in [3.8, 4) is 22.5 Å². The van der Waals surface area contributed by atoms with Crippen molar-refractivity contribution in [3.63, 3.8) is 0 Å². The number of carbonyl (C=O) groups excluding carboxylic acids is 1. The van der Waals surface area contributed by atoms with Crippen LogP contribution in [-0.4, -0.2) is 36.0 Å². The van der Waals surface area contributed by atoms with Gasteiger partial charge >= 0.3 is 0 Å². The van der Waals surface area contributed by atoms with Gasteiger partial charge in [-0.25, -0.2) is 4.98 Å². The van der Waals surface area contributed by atoms with Crippen molar-refractivity contribution in [1.82, 2.24) is 30.2 Å². The van der Waals surface area contributed by atoms with Gasteiger partial charge < -0.3 is 5.32 Å². The number of carbonyl (C=O) groups is 1. The first kappa shape index (κ1) is 22.5. The summed E-state index contributed by atoms with van der Waals surface area (Å²) >= 11 is 0. The Morgan fingerprint density at radius 1 is 1.11 bits per heavy atom. The lowest BCUT2D eigenvalue weighted by Crippen LogP contribution is -2.09. The van der Waals surface area contributed by atoms with Crippen molar-refractivity contribution >= 4 is 11.6 Å². The Morgan fingerprint density at radius 3 is 2.56 bits per heavy atom. The zero-order chi connectivity index (χ0) is 25.0. The molecule has 3 atom stereocenters. The third-order valence-electron chi connectivity index (χ3n) is 7.53. The fourth-order valence-electron chi connectivity index (χ4n) is 5.71. The normalized spacial score (nSPS) is 20.3. The molecule has 1 fully saturated rings. The zero-order valence-corrected chi connectivity index (χ0v) is 21.0. The summed E-state index contributed by atoms with van der Waals surface area (Å²) in [5.41, 5.74) is 9.57. The van der Waals surface area contributed by atoms with Crippen LogP contribution in [0.3, 0.4) is 0 Å². The van der Waals surface area contributed by atoms with Gasteiger partial charge in [-0.2, -0.15) is 4.80 Å². The Morgan fingerprint density at radius 2 is 1.92 bits per heavy atom. The van der Waals surface area contributed by atoms with Gasteiger partial charge in [-0.1, -0.05) is 18.2 Å². The van der Waals surface area contributed by atoms with Crippen molar-refractivity contribution in [1.29, 1.82) is 0 Å². The van der Waals surface area contributed by atoms with Crippen LogP contribution >= 0.6 is 0 Å². The Hall–Kier alpha value is -3.94. The average molecular weight is 480 g/mol. The number of Topliss-reactive ketones (excluding diaryl/α,β-unsaturated/α-hetero) is 1. The molecule has 2 aromatic carbocycles. The summed E-state index contributed by atoms with van der Waals surface area (Å²) in [5.74, 6) is 2.02. The second kappa shape index (κ2) is 8.62. The minimum atomic E-state index is 0.121. The number of nitrogens with one attached hydrogen (secondary N) is 1. The summed E-state index contributed by atoms with van der Waals surface area (Å²) < 4.78 is 0. The Bertz CT molecular complexity index is 1450. The van der Waals surface area contributed by atoms with Crippen LogP contribution in [-0.2, 0) is 18.3 Å². The van der Waals surface area contributed by atoms with Gasteiger partial charge in [-0.3, -0.25) is 9.78 Å². The van der Waals surface area contributed by atoms with Crippen LogP contribution < -0.4 is 5.32 Å². The van der Waals surface area contributed by atoms with Crippen molar-refractivity contribution in [2.45, 2.75) is 52.0 Å². The maximum atomic E-state index is 11.6. The predicted molar refractivity (Wildman–Crippen MR) is 137 cm³/mol. The van der Waals surface area contributed by atoms with Gasteiger partial charge in [0.1, 0.15) is 11.6 Å². The Kier molecular flexibility index (Phi) is 5.39. The second-order valence-electron chi connectivity index (χ2n) is 10.1. The lowest BCUT2D eigenvalue weighted by atomic mass is 9.89. The SMILES string of the molecule is CC(=O)[C@H]1C[C@@H]1c1cnc(N[C@@H]2CCc3c(-c4c(C)cc(-c5nnn(C)n5)cc4C)cccc32)cn1. The van der Waals surface area contributed by atoms with Gasteiger partial charge in [0, 0.05) is 17.4 Å². The fraction of sp³-hybridized carbons (Fsp3) is 0.357. The summed E-state index contributed by atoms with van der Waals surface area (Å²) in [4.78, 5) is 22.3. The third-order valence-corrected chi connectivity index (χ3v) is 7.53. The molecule has 36 heavy (non-hydrogen) atoms. The van der Waals surface area contributed by atoms with Crippen LogP contribution in [0.1, 0.15) is 59.7 Å². The number of rotatable bonds is 6. The molecule has 182 valence electrons. The van der Waals surface area contributed by atoms with Crippen molar-refractivity contribution in [2.75, 3.05) is 5.32 Å². The largest absolute Gasteiger partial charge is 0.362 e. The van der Waals surface area contributed by atoms with E-state index in [-0.39, 0.29) is 23.7 Å². The second-order valence-corrected chi connectivity index (χ2v) is 10.1. The molecule has 2 heterocycles.